The van der Waals surface area contributed by atoms with Crippen molar-refractivity contribution in [1.82, 2.24) is 29.7 Å². The summed E-state index contributed by atoms with van der Waals surface area (Å²) in [5.41, 5.74) is 1.14. The third-order valence-corrected chi connectivity index (χ3v) is 4.47. The number of aromatic nitrogens is 6. The zero-order chi connectivity index (χ0) is 17.8. The number of pyridine rings is 1. The highest BCUT2D eigenvalue weighted by Gasteiger charge is 2.20. The molecule has 0 aliphatic carbocycles. The summed E-state index contributed by atoms with van der Waals surface area (Å²) < 4.78 is 2.22. The Morgan fingerprint density at radius 3 is 2.92 bits per heavy atom. The first-order chi connectivity index (χ1) is 12.8. The van der Waals surface area contributed by atoms with Gasteiger partial charge in [0.25, 0.3) is 0 Å². The standard InChI is InChI=1S/C18H22N8/c1-2-20-15-5-8-21-18(22-15)25-9-6-16-23-24-17(26(16)11-10-25)12-14-4-3-7-19-13-14/h3-5,7-8,13H,2,6,9-12H2,1H3,(H,20,21,22). The smallest absolute Gasteiger partial charge is 0.227 e. The molecule has 0 saturated carbocycles. The Morgan fingerprint density at radius 2 is 2.08 bits per heavy atom. The second-order valence-electron chi connectivity index (χ2n) is 6.23. The van der Waals surface area contributed by atoms with Gasteiger partial charge < -0.3 is 14.8 Å². The van der Waals surface area contributed by atoms with E-state index in [0.717, 1.165) is 68.0 Å². The van der Waals surface area contributed by atoms with Crippen molar-refractivity contribution in [2.24, 2.45) is 0 Å². The summed E-state index contributed by atoms with van der Waals surface area (Å²) in [5, 5.41) is 12.0. The predicted octanol–water partition coefficient (Wildman–Crippen LogP) is 1.55. The van der Waals surface area contributed by atoms with E-state index in [1.165, 1.54) is 0 Å². The van der Waals surface area contributed by atoms with Gasteiger partial charge in [-0.2, -0.15) is 4.98 Å². The van der Waals surface area contributed by atoms with Gasteiger partial charge in [-0.25, -0.2) is 4.98 Å². The lowest BCUT2D eigenvalue weighted by Gasteiger charge is -2.20. The Hall–Kier alpha value is -3.03. The van der Waals surface area contributed by atoms with Crippen LogP contribution < -0.4 is 10.2 Å². The number of fused-ring (bicyclic) bond motifs is 1. The lowest BCUT2D eigenvalue weighted by molar-refractivity contribution is 0.651. The summed E-state index contributed by atoms with van der Waals surface area (Å²) in [7, 11) is 0. The van der Waals surface area contributed by atoms with Crippen molar-refractivity contribution in [2.75, 3.05) is 29.9 Å². The Kier molecular flexibility index (Phi) is 4.72. The lowest BCUT2D eigenvalue weighted by atomic mass is 10.2. The van der Waals surface area contributed by atoms with Gasteiger partial charge in [-0.15, -0.1) is 10.2 Å². The normalized spacial score (nSPS) is 14.0. The predicted molar refractivity (Wildman–Crippen MR) is 99.2 cm³/mol. The van der Waals surface area contributed by atoms with Crippen molar-refractivity contribution in [3.05, 3.63) is 54.0 Å². The van der Waals surface area contributed by atoms with Gasteiger partial charge in [-0.3, -0.25) is 4.98 Å². The van der Waals surface area contributed by atoms with Crippen molar-refractivity contribution in [3.8, 4) is 0 Å². The molecule has 0 amide bonds. The van der Waals surface area contributed by atoms with Crippen LogP contribution in [0.4, 0.5) is 11.8 Å². The van der Waals surface area contributed by atoms with Gasteiger partial charge in [0, 0.05) is 57.6 Å². The van der Waals surface area contributed by atoms with Gasteiger partial charge in [0.15, 0.2) is 0 Å². The van der Waals surface area contributed by atoms with Crippen LogP contribution >= 0.6 is 0 Å². The molecule has 4 heterocycles. The molecule has 4 rings (SSSR count). The van der Waals surface area contributed by atoms with Crippen molar-refractivity contribution < 1.29 is 0 Å². The van der Waals surface area contributed by atoms with Gasteiger partial charge in [0.2, 0.25) is 5.95 Å². The van der Waals surface area contributed by atoms with Crippen LogP contribution in [-0.2, 0) is 19.4 Å². The molecule has 0 atom stereocenters. The maximum Gasteiger partial charge on any atom is 0.227 e. The molecule has 8 heteroatoms. The average molecular weight is 350 g/mol. The highest BCUT2D eigenvalue weighted by atomic mass is 15.3. The van der Waals surface area contributed by atoms with Crippen molar-refractivity contribution in [1.29, 1.82) is 0 Å². The molecular formula is C18H22N8. The fourth-order valence-electron chi connectivity index (χ4n) is 3.18. The van der Waals surface area contributed by atoms with Gasteiger partial charge >= 0.3 is 0 Å². The highest BCUT2D eigenvalue weighted by molar-refractivity contribution is 5.41. The molecule has 26 heavy (non-hydrogen) atoms. The SMILES string of the molecule is CCNc1ccnc(N2CCc3nnc(Cc4cccnc4)n3CC2)n1. The molecule has 0 spiro atoms. The molecule has 0 unspecified atom stereocenters. The quantitative estimate of drug-likeness (QED) is 0.747. The maximum atomic E-state index is 4.62. The lowest BCUT2D eigenvalue weighted by Crippen LogP contribution is -2.28. The van der Waals surface area contributed by atoms with Crippen LogP contribution in [0.2, 0.25) is 0 Å². The van der Waals surface area contributed by atoms with E-state index >= 15 is 0 Å². The van der Waals surface area contributed by atoms with Crippen LogP contribution in [0.25, 0.3) is 0 Å². The Bertz CT molecular complexity index is 861. The van der Waals surface area contributed by atoms with Gasteiger partial charge in [0.1, 0.15) is 17.5 Å². The molecule has 0 saturated heterocycles. The van der Waals surface area contributed by atoms with Crippen LogP contribution in [-0.4, -0.2) is 49.4 Å². The van der Waals surface area contributed by atoms with E-state index in [-0.39, 0.29) is 0 Å². The van der Waals surface area contributed by atoms with Crippen LogP contribution in [0.5, 0.6) is 0 Å². The van der Waals surface area contributed by atoms with Crippen molar-refractivity contribution in [3.63, 3.8) is 0 Å². The number of anilines is 2. The molecule has 0 radical (unpaired) electrons. The number of nitrogens with one attached hydrogen (secondary N) is 1. The molecule has 1 aliphatic heterocycles. The minimum atomic E-state index is 0.743. The monoisotopic (exact) mass is 350 g/mol. The third kappa shape index (κ3) is 3.49. The Morgan fingerprint density at radius 1 is 1.12 bits per heavy atom. The fourth-order valence-corrected chi connectivity index (χ4v) is 3.18. The molecule has 3 aromatic heterocycles. The minimum absolute atomic E-state index is 0.743. The summed E-state index contributed by atoms with van der Waals surface area (Å²) >= 11 is 0. The largest absolute Gasteiger partial charge is 0.370 e. The first-order valence-electron chi connectivity index (χ1n) is 8.95. The summed E-state index contributed by atoms with van der Waals surface area (Å²) in [6.45, 7) is 5.40. The van der Waals surface area contributed by atoms with Gasteiger partial charge in [-0.1, -0.05) is 6.07 Å². The second kappa shape index (κ2) is 7.47. The van der Waals surface area contributed by atoms with E-state index < -0.39 is 0 Å². The summed E-state index contributed by atoms with van der Waals surface area (Å²) in [5.74, 6) is 3.63. The molecule has 1 N–H and O–H groups in total. The summed E-state index contributed by atoms with van der Waals surface area (Å²) in [4.78, 5) is 15.5. The topological polar surface area (TPSA) is 84.7 Å². The molecule has 0 bridgehead atoms. The fraction of sp³-hybridized carbons (Fsp3) is 0.389. The summed E-state index contributed by atoms with van der Waals surface area (Å²) in [6.07, 6.45) is 7.04. The number of hydrogen-bond acceptors (Lipinski definition) is 7. The molecule has 3 aromatic rings. The van der Waals surface area contributed by atoms with Crippen molar-refractivity contribution in [2.45, 2.75) is 26.3 Å². The van der Waals surface area contributed by atoms with E-state index in [4.69, 9.17) is 0 Å². The van der Waals surface area contributed by atoms with Crippen molar-refractivity contribution >= 4 is 11.8 Å². The average Bonchev–Trinajstić information content (AvgIpc) is 2.92. The first-order valence-corrected chi connectivity index (χ1v) is 8.95. The molecule has 8 nitrogen and oxygen atoms in total. The molecular weight excluding hydrogens is 328 g/mol. The molecule has 134 valence electrons. The van der Waals surface area contributed by atoms with E-state index in [2.05, 4.69) is 52.9 Å². The van der Waals surface area contributed by atoms with Gasteiger partial charge in [-0.05, 0) is 24.6 Å². The third-order valence-electron chi connectivity index (χ3n) is 4.47. The molecule has 0 fully saturated rings. The molecule has 1 aliphatic rings. The van der Waals surface area contributed by atoms with Gasteiger partial charge in [0.05, 0.1) is 0 Å². The summed E-state index contributed by atoms with van der Waals surface area (Å²) in [6, 6.07) is 5.91. The molecule has 0 aromatic carbocycles. The number of hydrogen-bond donors (Lipinski definition) is 1. The first kappa shape index (κ1) is 16.4. The van der Waals surface area contributed by atoms with Crippen LogP contribution in [0.15, 0.2) is 36.8 Å². The zero-order valence-electron chi connectivity index (χ0n) is 14.8. The van der Waals surface area contributed by atoms with E-state index in [1.807, 2.05) is 18.3 Å². The minimum Gasteiger partial charge on any atom is -0.370 e. The maximum absolute atomic E-state index is 4.62. The van der Waals surface area contributed by atoms with E-state index in [0.29, 0.717) is 0 Å². The van der Waals surface area contributed by atoms with Crippen LogP contribution in [0.3, 0.4) is 0 Å². The van der Waals surface area contributed by atoms with E-state index in [1.54, 1.807) is 12.4 Å². The number of nitrogens with zero attached hydrogens (tertiary/aromatic N) is 7. The highest BCUT2D eigenvalue weighted by Crippen LogP contribution is 2.17. The Labute approximate surface area is 152 Å². The second-order valence-corrected chi connectivity index (χ2v) is 6.23. The Balaban J connectivity index is 1.50. The van der Waals surface area contributed by atoms with Crippen LogP contribution in [0, 0.1) is 0 Å². The zero-order valence-corrected chi connectivity index (χ0v) is 14.8. The van der Waals surface area contributed by atoms with Crippen LogP contribution in [0.1, 0.15) is 24.1 Å². The number of rotatable bonds is 5. The van der Waals surface area contributed by atoms with E-state index in [9.17, 15) is 0 Å².